The molecule has 8 heteroatoms. The van der Waals surface area contributed by atoms with E-state index in [2.05, 4.69) is 20.8 Å². The number of nitrogens with zero attached hydrogens (tertiary/aromatic N) is 3. The molecule has 0 aliphatic rings. The Bertz CT molecular complexity index is 1290. The van der Waals surface area contributed by atoms with Crippen LogP contribution in [0.25, 0.3) is 0 Å². The van der Waals surface area contributed by atoms with Gasteiger partial charge in [-0.05, 0) is 30.2 Å². The number of carbonyl (C=O) groups excluding carboxylic acids is 2. The van der Waals surface area contributed by atoms with Crippen LogP contribution in [0.15, 0.2) is 90.1 Å². The molecule has 2 amide bonds. The van der Waals surface area contributed by atoms with Crippen LogP contribution in [-0.4, -0.2) is 32.3 Å². The molecule has 35 heavy (non-hydrogen) atoms. The van der Waals surface area contributed by atoms with Gasteiger partial charge in [0.25, 0.3) is 5.91 Å². The van der Waals surface area contributed by atoms with Crippen molar-refractivity contribution in [2.75, 3.05) is 11.1 Å². The van der Waals surface area contributed by atoms with Gasteiger partial charge in [0.15, 0.2) is 5.16 Å². The molecule has 4 aromatic rings. The van der Waals surface area contributed by atoms with Gasteiger partial charge < -0.3 is 15.2 Å². The van der Waals surface area contributed by atoms with E-state index < -0.39 is 0 Å². The van der Waals surface area contributed by atoms with Crippen molar-refractivity contribution in [2.45, 2.75) is 24.5 Å². The number of thioether (sulfide) groups is 1. The van der Waals surface area contributed by atoms with E-state index in [-0.39, 0.29) is 23.6 Å². The number of amides is 2. The van der Waals surface area contributed by atoms with Gasteiger partial charge in [-0.25, -0.2) is 0 Å². The van der Waals surface area contributed by atoms with E-state index in [4.69, 9.17) is 0 Å². The fraction of sp³-hybridized carbons (Fsp3) is 0.185. The van der Waals surface area contributed by atoms with Crippen molar-refractivity contribution in [1.29, 1.82) is 0 Å². The summed E-state index contributed by atoms with van der Waals surface area (Å²) in [5.74, 6) is 0.504. The first-order valence-electron chi connectivity index (χ1n) is 11.3. The second-order valence-corrected chi connectivity index (χ2v) is 9.05. The Morgan fingerprint density at radius 3 is 2.31 bits per heavy atom. The van der Waals surface area contributed by atoms with Crippen LogP contribution in [0.2, 0.25) is 0 Å². The predicted octanol–water partition coefficient (Wildman–Crippen LogP) is 4.63. The fourth-order valence-corrected chi connectivity index (χ4v) is 4.34. The van der Waals surface area contributed by atoms with Crippen LogP contribution < -0.4 is 10.6 Å². The van der Waals surface area contributed by atoms with Crippen molar-refractivity contribution >= 4 is 29.3 Å². The zero-order valence-electron chi connectivity index (χ0n) is 19.6. The third-order valence-corrected chi connectivity index (χ3v) is 6.58. The molecule has 0 aliphatic carbocycles. The molecule has 7 nitrogen and oxygen atoms in total. The highest BCUT2D eigenvalue weighted by Gasteiger charge is 2.17. The largest absolute Gasteiger partial charge is 0.345 e. The lowest BCUT2D eigenvalue weighted by Crippen LogP contribution is -2.28. The van der Waals surface area contributed by atoms with E-state index in [9.17, 15) is 9.59 Å². The number of anilines is 1. The molecule has 0 radical (unpaired) electrons. The first-order valence-corrected chi connectivity index (χ1v) is 12.3. The Morgan fingerprint density at radius 2 is 1.57 bits per heavy atom. The summed E-state index contributed by atoms with van der Waals surface area (Å²) in [6, 6.07) is 26.6. The minimum Gasteiger partial charge on any atom is -0.345 e. The molecule has 3 aromatic carbocycles. The van der Waals surface area contributed by atoms with Crippen molar-refractivity contribution in [2.24, 2.45) is 7.05 Å². The maximum Gasteiger partial charge on any atom is 0.253 e. The average molecular weight is 486 g/mol. The highest BCUT2D eigenvalue weighted by molar-refractivity contribution is 7.99. The molecule has 1 atom stereocenters. The predicted molar refractivity (Wildman–Crippen MR) is 138 cm³/mol. The number of hydrogen-bond donors (Lipinski definition) is 2. The van der Waals surface area contributed by atoms with Gasteiger partial charge in [0.2, 0.25) is 5.91 Å². The van der Waals surface area contributed by atoms with E-state index >= 15 is 0 Å². The van der Waals surface area contributed by atoms with E-state index in [1.807, 2.05) is 79.2 Å². The summed E-state index contributed by atoms with van der Waals surface area (Å²) in [4.78, 5) is 25.6. The quantitative estimate of drug-likeness (QED) is 0.338. The van der Waals surface area contributed by atoms with E-state index in [1.54, 1.807) is 24.3 Å². The molecule has 2 N–H and O–H groups in total. The van der Waals surface area contributed by atoms with Crippen LogP contribution in [0.1, 0.15) is 40.3 Å². The van der Waals surface area contributed by atoms with Gasteiger partial charge in [-0.2, -0.15) is 0 Å². The number of hydrogen-bond acceptors (Lipinski definition) is 5. The topological polar surface area (TPSA) is 88.9 Å². The summed E-state index contributed by atoms with van der Waals surface area (Å²) in [6.07, 6.45) is 0.668. The monoisotopic (exact) mass is 485 g/mol. The molecular weight excluding hydrogens is 458 g/mol. The first kappa shape index (κ1) is 24.2. The molecule has 0 fully saturated rings. The Kier molecular flexibility index (Phi) is 7.95. The number of para-hydroxylation sites is 1. The summed E-state index contributed by atoms with van der Waals surface area (Å²) in [5, 5.41) is 15.0. The van der Waals surface area contributed by atoms with Crippen LogP contribution >= 0.6 is 11.8 Å². The van der Waals surface area contributed by atoms with Crippen molar-refractivity contribution in [3.8, 4) is 0 Å². The highest BCUT2D eigenvalue weighted by Crippen LogP contribution is 2.21. The molecule has 4 rings (SSSR count). The second-order valence-electron chi connectivity index (χ2n) is 8.11. The van der Waals surface area contributed by atoms with Gasteiger partial charge in [0, 0.05) is 13.5 Å². The zero-order valence-corrected chi connectivity index (χ0v) is 20.5. The van der Waals surface area contributed by atoms with Gasteiger partial charge in [-0.15, -0.1) is 10.2 Å². The number of nitrogens with one attached hydrogen (secondary N) is 2. The minimum atomic E-state index is -0.247. The van der Waals surface area contributed by atoms with Gasteiger partial charge in [-0.3, -0.25) is 9.59 Å². The second kappa shape index (κ2) is 11.5. The average Bonchev–Trinajstić information content (AvgIpc) is 3.23. The summed E-state index contributed by atoms with van der Waals surface area (Å²) in [7, 11) is 1.89. The molecule has 1 heterocycles. The Morgan fingerprint density at radius 1 is 0.914 bits per heavy atom. The molecule has 0 spiro atoms. The Hall–Kier alpha value is -3.91. The van der Waals surface area contributed by atoms with Crippen molar-refractivity contribution in [3.63, 3.8) is 0 Å². The van der Waals surface area contributed by atoms with Gasteiger partial charge in [0.05, 0.1) is 23.0 Å². The van der Waals surface area contributed by atoms with Crippen LogP contribution in [-0.2, 0) is 18.3 Å². The van der Waals surface area contributed by atoms with Crippen LogP contribution in [0.4, 0.5) is 5.69 Å². The van der Waals surface area contributed by atoms with Gasteiger partial charge in [0.1, 0.15) is 5.82 Å². The normalized spacial score (nSPS) is 11.6. The summed E-state index contributed by atoms with van der Waals surface area (Å²) in [5.41, 5.74) is 3.04. The Labute approximate surface area is 209 Å². The fourth-order valence-electron chi connectivity index (χ4n) is 3.61. The van der Waals surface area contributed by atoms with Crippen molar-refractivity contribution < 1.29 is 9.59 Å². The molecule has 0 aliphatic heterocycles. The minimum absolute atomic E-state index is 0.147. The zero-order chi connectivity index (χ0) is 24.6. The third kappa shape index (κ3) is 6.36. The van der Waals surface area contributed by atoms with Crippen molar-refractivity contribution in [1.82, 2.24) is 20.1 Å². The Balaban J connectivity index is 1.36. The number of aromatic nitrogens is 3. The first-order chi connectivity index (χ1) is 17.0. The summed E-state index contributed by atoms with van der Waals surface area (Å²) < 4.78 is 1.90. The molecule has 1 aromatic heterocycles. The number of carbonyl (C=O) groups is 2. The molecule has 0 saturated heterocycles. The van der Waals surface area contributed by atoms with Crippen LogP contribution in [0, 0.1) is 0 Å². The number of rotatable bonds is 9. The molecule has 0 bridgehead atoms. The lowest BCUT2D eigenvalue weighted by Gasteiger charge is -2.16. The van der Waals surface area contributed by atoms with Crippen molar-refractivity contribution in [3.05, 3.63) is 107 Å². The van der Waals surface area contributed by atoms with E-state index in [1.165, 1.54) is 11.8 Å². The summed E-state index contributed by atoms with van der Waals surface area (Å²) >= 11 is 1.30. The lowest BCUT2D eigenvalue weighted by atomic mass is 10.1. The SMILES string of the molecule is C[C@H](NC(=O)c1ccccc1NC(=O)CSc1nnc(Cc2ccccc2)n1C)c1ccccc1. The maximum atomic E-state index is 12.9. The number of benzene rings is 3. The molecule has 178 valence electrons. The molecule has 0 saturated carbocycles. The molecular formula is C27H27N5O2S. The van der Waals surface area contributed by atoms with Crippen LogP contribution in [0.3, 0.4) is 0 Å². The highest BCUT2D eigenvalue weighted by atomic mass is 32.2. The van der Waals surface area contributed by atoms with E-state index in [0.717, 1.165) is 17.0 Å². The standard InChI is InChI=1S/C27H27N5O2S/c1-19(21-13-7-4-8-14-21)28-26(34)22-15-9-10-16-23(22)29-25(33)18-35-27-31-30-24(32(27)2)17-20-11-5-3-6-12-20/h3-16,19H,17-18H2,1-2H3,(H,28,34)(H,29,33)/t19-/m0/s1. The summed E-state index contributed by atoms with van der Waals surface area (Å²) in [6.45, 7) is 1.93. The van der Waals surface area contributed by atoms with Crippen LogP contribution in [0.5, 0.6) is 0 Å². The third-order valence-electron chi connectivity index (χ3n) is 5.56. The van der Waals surface area contributed by atoms with E-state index in [0.29, 0.717) is 22.8 Å². The lowest BCUT2D eigenvalue weighted by molar-refractivity contribution is -0.113. The van der Waals surface area contributed by atoms with Gasteiger partial charge >= 0.3 is 0 Å². The molecule has 0 unspecified atom stereocenters. The smallest absolute Gasteiger partial charge is 0.253 e. The van der Waals surface area contributed by atoms with Gasteiger partial charge in [-0.1, -0.05) is 84.6 Å². The maximum absolute atomic E-state index is 12.9.